The van der Waals surface area contributed by atoms with Gasteiger partial charge in [0.05, 0.1) is 12.3 Å². The topological polar surface area (TPSA) is 77.8 Å². The van der Waals surface area contributed by atoms with Gasteiger partial charge < -0.3 is 10.3 Å². The summed E-state index contributed by atoms with van der Waals surface area (Å²) in [6.45, 7) is 1.99. The van der Waals surface area contributed by atoms with Gasteiger partial charge in [-0.2, -0.15) is 4.98 Å². The fourth-order valence-electron chi connectivity index (χ4n) is 2.58. The molecule has 2 atom stereocenters. The van der Waals surface area contributed by atoms with Crippen LogP contribution in [0.25, 0.3) is 0 Å². The highest BCUT2D eigenvalue weighted by Gasteiger charge is 2.28. The smallest absolute Gasteiger partial charge is 0.231 e. The molecule has 5 nitrogen and oxygen atoms in total. The molecule has 19 heavy (non-hydrogen) atoms. The van der Waals surface area contributed by atoms with Crippen LogP contribution < -0.4 is 5.73 Å². The predicted molar refractivity (Wildman–Crippen MR) is 73.1 cm³/mol. The van der Waals surface area contributed by atoms with Crippen LogP contribution in [0.4, 0.5) is 0 Å². The van der Waals surface area contributed by atoms with E-state index in [0.717, 1.165) is 23.5 Å². The first-order chi connectivity index (χ1) is 9.22. The molecule has 2 aromatic rings. The van der Waals surface area contributed by atoms with E-state index in [2.05, 4.69) is 15.1 Å². The Morgan fingerprint density at radius 2 is 2.21 bits per heavy atom. The molecule has 102 valence electrons. The Morgan fingerprint density at radius 1 is 1.37 bits per heavy atom. The maximum absolute atomic E-state index is 6.14. The normalized spacial score (nSPS) is 23.7. The van der Waals surface area contributed by atoms with Gasteiger partial charge >= 0.3 is 0 Å². The Bertz CT molecular complexity index is 550. The molecule has 1 aliphatic carbocycles. The fourth-order valence-corrected chi connectivity index (χ4v) is 3.34. The van der Waals surface area contributed by atoms with Crippen molar-refractivity contribution in [2.45, 2.75) is 51.0 Å². The Hall–Kier alpha value is -1.27. The SMILES string of the molecule is Cc1csc(Cc2noc(C3CCCCC3N)n2)n1. The summed E-state index contributed by atoms with van der Waals surface area (Å²) < 4.78 is 5.39. The first kappa shape index (κ1) is 12.7. The van der Waals surface area contributed by atoms with Crippen LogP contribution in [-0.2, 0) is 6.42 Å². The minimum atomic E-state index is 0.157. The van der Waals surface area contributed by atoms with E-state index < -0.39 is 0 Å². The number of nitrogens with two attached hydrogens (primary N) is 1. The molecule has 1 aliphatic rings. The van der Waals surface area contributed by atoms with E-state index >= 15 is 0 Å². The average molecular weight is 278 g/mol. The van der Waals surface area contributed by atoms with E-state index in [-0.39, 0.29) is 12.0 Å². The van der Waals surface area contributed by atoms with Gasteiger partial charge in [0.1, 0.15) is 5.01 Å². The summed E-state index contributed by atoms with van der Waals surface area (Å²) in [7, 11) is 0. The number of nitrogens with zero attached hydrogens (tertiary/aromatic N) is 3. The summed E-state index contributed by atoms with van der Waals surface area (Å²) >= 11 is 1.63. The van der Waals surface area contributed by atoms with Crippen molar-refractivity contribution < 1.29 is 4.52 Å². The van der Waals surface area contributed by atoms with Crippen LogP contribution in [0.2, 0.25) is 0 Å². The standard InChI is InChI=1S/C13H18N4OS/c1-8-7-19-12(15-8)6-11-16-13(18-17-11)9-4-2-3-5-10(9)14/h7,9-10H,2-6,14H2,1H3. The zero-order valence-corrected chi connectivity index (χ0v) is 11.8. The van der Waals surface area contributed by atoms with Gasteiger partial charge in [-0.3, -0.25) is 0 Å². The Balaban J connectivity index is 1.72. The summed E-state index contributed by atoms with van der Waals surface area (Å²) in [4.78, 5) is 8.91. The first-order valence-electron chi connectivity index (χ1n) is 6.71. The third-order valence-electron chi connectivity index (χ3n) is 3.60. The summed E-state index contributed by atoms with van der Waals surface area (Å²) in [5.74, 6) is 1.64. The highest BCUT2D eigenvalue weighted by molar-refractivity contribution is 7.09. The van der Waals surface area contributed by atoms with Crippen LogP contribution in [0.1, 0.15) is 54.0 Å². The van der Waals surface area contributed by atoms with Crippen molar-refractivity contribution >= 4 is 11.3 Å². The monoisotopic (exact) mass is 278 g/mol. The summed E-state index contributed by atoms with van der Waals surface area (Å²) in [6, 6.07) is 0.157. The number of thiazole rings is 1. The highest BCUT2D eigenvalue weighted by atomic mass is 32.1. The largest absolute Gasteiger partial charge is 0.339 e. The molecule has 0 aromatic carbocycles. The second-order valence-electron chi connectivity index (χ2n) is 5.16. The molecule has 0 radical (unpaired) electrons. The van der Waals surface area contributed by atoms with Gasteiger partial charge in [-0.25, -0.2) is 4.98 Å². The maximum Gasteiger partial charge on any atom is 0.231 e. The van der Waals surface area contributed by atoms with Gasteiger partial charge in [0.2, 0.25) is 5.89 Å². The Kier molecular flexibility index (Phi) is 3.61. The number of aryl methyl sites for hydroxylation is 1. The average Bonchev–Trinajstić information content (AvgIpc) is 3.00. The lowest BCUT2D eigenvalue weighted by atomic mass is 9.85. The second kappa shape index (κ2) is 5.38. The van der Waals surface area contributed by atoms with Gasteiger partial charge in [0.25, 0.3) is 0 Å². The van der Waals surface area contributed by atoms with E-state index in [1.807, 2.05) is 12.3 Å². The van der Waals surface area contributed by atoms with Crippen molar-refractivity contribution in [3.05, 3.63) is 27.8 Å². The molecular formula is C13H18N4OS. The van der Waals surface area contributed by atoms with Crippen molar-refractivity contribution in [3.8, 4) is 0 Å². The lowest BCUT2D eigenvalue weighted by Crippen LogP contribution is -2.31. The molecule has 0 bridgehead atoms. The molecule has 3 rings (SSSR count). The minimum Gasteiger partial charge on any atom is -0.339 e. The molecule has 1 fully saturated rings. The molecule has 2 aromatic heterocycles. The highest BCUT2D eigenvalue weighted by Crippen LogP contribution is 2.31. The molecule has 0 spiro atoms. The summed E-state index contributed by atoms with van der Waals surface area (Å²) in [6.07, 6.45) is 5.15. The third kappa shape index (κ3) is 2.84. The van der Waals surface area contributed by atoms with Crippen LogP contribution in [0.5, 0.6) is 0 Å². The Morgan fingerprint density at radius 3 is 2.95 bits per heavy atom. The zero-order valence-electron chi connectivity index (χ0n) is 11.0. The van der Waals surface area contributed by atoms with Crippen molar-refractivity contribution in [3.63, 3.8) is 0 Å². The van der Waals surface area contributed by atoms with Gasteiger partial charge in [-0.15, -0.1) is 11.3 Å². The minimum absolute atomic E-state index is 0.157. The zero-order chi connectivity index (χ0) is 13.2. The molecule has 0 aliphatic heterocycles. The Labute approximate surface area is 116 Å². The van der Waals surface area contributed by atoms with Crippen LogP contribution in [0.15, 0.2) is 9.90 Å². The van der Waals surface area contributed by atoms with E-state index in [0.29, 0.717) is 18.1 Å². The molecule has 2 N–H and O–H groups in total. The van der Waals surface area contributed by atoms with Crippen molar-refractivity contribution in [1.29, 1.82) is 0 Å². The van der Waals surface area contributed by atoms with E-state index in [1.165, 1.54) is 12.8 Å². The van der Waals surface area contributed by atoms with E-state index in [1.54, 1.807) is 11.3 Å². The third-order valence-corrected chi connectivity index (χ3v) is 4.56. The van der Waals surface area contributed by atoms with E-state index in [4.69, 9.17) is 10.3 Å². The lowest BCUT2D eigenvalue weighted by Gasteiger charge is -2.25. The lowest BCUT2D eigenvalue weighted by molar-refractivity contribution is 0.289. The van der Waals surface area contributed by atoms with Crippen LogP contribution >= 0.6 is 11.3 Å². The number of aromatic nitrogens is 3. The van der Waals surface area contributed by atoms with Crippen LogP contribution in [-0.4, -0.2) is 21.2 Å². The maximum atomic E-state index is 6.14. The van der Waals surface area contributed by atoms with Crippen molar-refractivity contribution in [2.24, 2.45) is 5.73 Å². The quantitative estimate of drug-likeness (QED) is 0.932. The molecule has 0 saturated heterocycles. The van der Waals surface area contributed by atoms with Crippen molar-refractivity contribution in [1.82, 2.24) is 15.1 Å². The first-order valence-corrected chi connectivity index (χ1v) is 7.59. The molecule has 2 unspecified atom stereocenters. The second-order valence-corrected chi connectivity index (χ2v) is 6.11. The molecule has 0 amide bonds. The van der Waals surface area contributed by atoms with Crippen LogP contribution in [0, 0.1) is 6.92 Å². The predicted octanol–water partition coefficient (Wildman–Crippen LogP) is 2.41. The van der Waals surface area contributed by atoms with Crippen LogP contribution in [0.3, 0.4) is 0 Å². The molecular weight excluding hydrogens is 260 g/mol. The van der Waals surface area contributed by atoms with Crippen molar-refractivity contribution in [2.75, 3.05) is 0 Å². The number of rotatable bonds is 3. The summed E-state index contributed by atoms with van der Waals surface area (Å²) in [5.41, 5.74) is 7.18. The number of hydrogen-bond donors (Lipinski definition) is 1. The molecule has 2 heterocycles. The summed E-state index contributed by atoms with van der Waals surface area (Å²) in [5, 5.41) is 7.12. The van der Waals surface area contributed by atoms with E-state index in [9.17, 15) is 0 Å². The number of hydrogen-bond acceptors (Lipinski definition) is 6. The van der Waals surface area contributed by atoms with Gasteiger partial charge in [-0.1, -0.05) is 18.0 Å². The van der Waals surface area contributed by atoms with Gasteiger partial charge in [0, 0.05) is 17.1 Å². The molecule has 1 saturated carbocycles. The van der Waals surface area contributed by atoms with Gasteiger partial charge in [0.15, 0.2) is 5.82 Å². The fraction of sp³-hybridized carbons (Fsp3) is 0.615. The van der Waals surface area contributed by atoms with Gasteiger partial charge in [-0.05, 0) is 19.8 Å². The molecule has 6 heteroatoms.